The molecule has 2 aromatic heterocycles. The first-order valence-electron chi connectivity index (χ1n) is 13.4. The van der Waals surface area contributed by atoms with E-state index in [0.29, 0.717) is 35.9 Å². The number of carbonyl (C=O) groups excluding carboxylic acids is 1. The lowest BCUT2D eigenvalue weighted by molar-refractivity contribution is -0.126. The molecule has 1 saturated heterocycles. The molecule has 4 aromatic rings. The summed E-state index contributed by atoms with van der Waals surface area (Å²) in [7, 11) is 0. The summed E-state index contributed by atoms with van der Waals surface area (Å²) in [5.41, 5.74) is 5.56. The highest BCUT2D eigenvalue weighted by Gasteiger charge is 2.30. The van der Waals surface area contributed by atoms with Crippen LogP contribution in [0.2, 0.25) is 5.02 Å². The van der Waals surface area contributed by atoms with Crippen molar-refractivity contribution >= 4 is 34.2 Å². The van der Waals surface area contributed by atoms with Crippen molar-refractivity contribution in [2.24, 2.45) is 0 Å². The summed E-state index contributed by atoms with van der Waals surface area (Å²) in [6.45, 7) is 11.6. The summed E-state index contributed by atoms with van der Waals surface area (Å²) in [5, 5.41) is 1.17. The van der Waals surface area contributed by atoms with Crippen LogP contribution in [0.5, 0.6) is 0 Å². The molecule has 7 heteroatoms. The van der Waals surface area contributed by atoms with Gasteiger partial charge in [-0.15, -0.1) is 0 Å². The van der Waals surface area contributed by atoms with Crippen molar-refractivity contribution in [3.8, 4) is 22.4 Å². The summed E-state index contributed by atoms with van der Waals surface area (Å²) in [6.07, 6.45) is 3.28. The van der Waals surface area contributed by atoms with Gasteiger partial charge in [0.25, 0.3) is 0 Å². The van der Waals surface area contributed by atoms with Crippen LogP contribution in [0, 0.1) is 12.7 Å². The maximum atomic E-state index is 14.9. The van der Waals surface area contributed by atoms with E-state index in [1.807, 2.05) is 19.1 Å². The van der Waals surface area contributed by atoms with Gasteiger partial charge < -0.3 is 9.80 Å². The zero-order chi connectivity index (χ0) is 27.7. The monoisotopic (exact) mass is 542 g/mol. The minimum atomic E-state index is -0.373. The Morgan fingerprint density at radius 3 is 2.54 bits per heavy atom. The molecule has 1 aliphatic rings. The second-order valence-electron chi connectivity index (χ2n) is 10.0. The van der Waals surface area contributed by atoms with Gasteiger partial charge in [0.05, 0.1) is 16.2 Å². The third-order valence-corrected chi connectivity index (χ3v) is 7.70. The molecule has 1 aliphatic heterocycles. The fourth-order valence-electron chi connectivity index (χ4n) is 5.53. The molecule has 2 aromatic carbocycles. The van der Waals surface area contributed by atoms with E-state index < -0.39 is 0 Å². The Morgan fingerprint density at radius 2 is 1.85 bits per heavy atom. The smallest absolute Gasteiger partial charge is 0.246 e. The minimum Gasteiger partial charge on any atom is -0.350 e. The van der Waals surface area contributed by atoms with Crippen LogP contribution in [0.25, 0.3) is 33.3 Å². The van der Waals surface area contributed by atoms with Crippen molar-refractivity contribution in [3.63, 3.8) is 0 Å². The number of carbonyl (C=O) groups is 1. The normalized spacial score (nSPS) is 15.6. The van der Waals surface area contributed by atoms with Gasteiger partial charge in [0.15, 0.2) is 0 Å². The van der Waals surface area contributed by atoms with E-state index in [1.54, 1.807) is 23.1 Å². The maximum absolute atomic E-state index is 14.9. The van der Waals surface area contributed by atoms with E-state index in [4.69, 9.17) is 21.6 Å². The summed E-state index contributed by atoms with van der Waals surface area (Å²) < 4.78 is 14.9. The lowest BCUT2D eigenvalue weighted by Gasteiger charge is -2.41. The summed E-state index contributed by atoms with van der Waals surface area (Å²) >= 11 is 6.82. The first-order valence-corrected chi connectivity index (χ1v) is 13.7. The summed E-state index contributed by atoms with van der Waals surface area (Å²) in [4.78, 5) is 26.5. The molecule has 5 nitrogen and oxygen atoms in total. The number of anilines is 1. The van der Waals surface area contributed by atoms with Crippen LogP contribution in [0.4, 0.5) is 10.2 Å². The fraction of sp³-hybridized carbons (Fsp3) is 0.281. The van der Waals surface area contributed by atoms with Crippen LogP contribution in [-0.2, 0) is 11.2 Å². The fourth-order valence-corrected chi connectivity index (χ4v) is 5.79. The summed E-state index contributed by atoms with van der Waals surface area (Å²) in [5.74, 6) is 0.325. The maximum Gasteiger partial charge on any atom is 0.246 e. The van der Waals surface area contributed by atoms with Crippen LogP contribution in [0.1, 0.15) is 31.5 Å². The Kier molecular flexibility index (Phi) is 7.67. The van der Waals surface area contributed by atoms with Gasteiger partial charge in [-0.2, -0.15) is 0 Å². The van der Waals surface area contributed by atoms with E-state index in [1.165, 1.54) is 17.7 Å². The number of halogens is 2. The van der Waals surface area contributed by atoms with E-state index in [2.05, 4.69) is 43.5 Å². The average Bonchev–Trinajstić information content (AvgIpc) is 2.93. The average molecular weight is 543 g/mol. The molecule has 0 spiro atoms. The number of nitrogens with zero attached hydrogens (tertiary/aromatic N) is 4. The second kappa shape index (κ2) is 11.1. The Bertz CT molecular complexity index is 1570. The largest absolute Gasteiger partial charge is 0.350 e. The molecular formula is C32H32ClFN4O. The van der Waals surface area contributed by atoms with Crippen LogP contribution in [0.3, 0.4) is 0 Å². The zero-order valence-corrected chi connectivity index (χ0v) is 23.3. The lowest BCUT2D eigenvalue weighted by atomic mass is 9.93. The van der Waals surface area contributed by atoms with E-state index in [0.717, 1.165) is 46.4 Å². The number of pyridine rings is 2. The molecule has 1 amide bonds. The summed E-state index contributed by atoms with van der Waals surface area (Å²) in [6, 6.07) is 16.8. The Morgan fingerprint density at radius 1 is 1.13 bits per heavy atom. The van der Waals surface area contributed by atoms with Gasteiger partial charge in [-0.25, -0.2) is 14.4 Å². The van der Waals surface area contributed by atoms with Crippen LogP contribution in [-0.4, -0.2) is 46.5 Å². The SMILES string of the molecule is C=CC(=O)N1CCN(c2nc(C)c(-c3ccccc3CCC)c3nc(-c4ccccc4F)c(Cl)cc23)[C@@H](C)C1. The molecule has 5 rings (SSSR count). The standard InChI is InChI=1S/C32H32ClFN4O/c1-5-11-22-12-7-8-13-23(22)29-21(4)35-32(38-17-16-37(19-20(38)3)28(39)6-2)25-18-26(33)30(36-31(25)29)24-14-9-10-15-27(24)34/h6-10,12-15,18,20H,2,5,11,16-17,19H2,1,3-4H3/t20-/m0/s1. The van der Waals surface area contributed by atoms with E-state index in [9.17, 15) is 9.18 Å². The highest BCUT2D eigenvalue weighted by Crippen LogP contribution is 2.41. The first kappa shape index (κ1) is 26.8. The Hall–Kier alpha value is -3.77. The van der Waals surface area contributed by atoms with Crippen LogP contribution >= 0.6 is 11.6 Å². The van der Waals surface area contributed by atoms with Gasteiger partial charge in [0.1, 0.15) is 11.6 Å². The molecule has 39 heavy (non-hydrogen) atoms. The topological polar surface area (TPSA) is 49.3 Å². The number of piperazine rings is 1. The number of benzene rings is 2. The predicted octanol–water partition coefficient (Wildman–Crippen LogP) is 7.24. The minimum absolute atomic E-state index is 0.0148. The first-order chi connectivity index (χ1) is 18.8. The van der Waals surface area contributed by atoms with Gasteiger partial charge in [-0.3, -0.25) is 4.79 Å². The molecule has 0 aliphatic carbocycles. The predicted molar refractivity (Wildman–Crippen MR) is 158 cm³/mol. The molecule has 200 valence electrons. The third-order valence-electron chi connectivity index (χ3n) is 7.41. The number of hydrogen-bond acceptors (Lipinski definition) is 4. The van der Waals surface area contributed by atoms with Crippen molar-refractivity contribution in [1.82, 2.24) is 14.9 Å². The third kappa shape index (κ3) is 5.01. The highest BCUT2D eigenvalue weighted by molar-refractivity contribution is 6.34. The van der Waals surface area contributed by atoms with Crippen LogP contribution in [0.15, 0.2) is 67.3 Å². The Balaban J connectivity index is 1.76. The van der Waals surface area contributed by atoms with Gasteiger partial charge >= 0.3 is 0 Å². The van der Waals surface area contributed by atoms with Crippen molar-refractivity contribution in [3.05, 3.63) is 89.3 Å². The molecule has 0 N–H and O–H groups in total. The zero-order valence-electron chi connectivity index (χ0n) is 22.5. The number of rotatable bonds is 6. The van der Waals surface area contributed by atoms with Crippen LogP contribution < -0.4 is 4.90 Å². The van der Waals surface area contributed by atoms with Crippen molar-refractivity contribution < 1.29 is 9.18 Å². The number of fused-ring (bicyclic) bond motifs is 1. The number of amides is 1. The van der Waals surface area contributed by atoms with E-state index in [-0.39, 0.29) is 17.8 Å². The molecule has 0 radical (unpaired) electrons. The van der Waals surface area contributed by atoms with Crippen molar-refractivity contribution in [1.29, 1.82) is 0 Å². The molecule has 1 fully saturated rings. The molecule has 0 bridgehead atoms. The molecule has 0 saturated carbocycles. The molecule has 0 unspecified atom stereocenters. The highest BCUT2D eigenvalue weighted by atomic mass is 35.5. The Labute approximate surface area is 234 Å². The lowest BCUT2D eigenvalue weighted by Crippen LogP contribution is -2.53. The van der Waals surface area contributed by atoms with Gasteiger partial charge in [-0.1, -0.05) is 67.9 Å². The van der Waals surface area contributed by atoms with E-state index >= 15 is 0 Å². The number of aromatic nitrogens is 2. The number of hydrogen-bond donors (Lipinski definition) is 0. The molecule has 1 atom stereocenters. The van der Waals surface area contributed by atoms with Crippen molar-refractivity contribution in [2.45, 2.75) is 39.7 Å². The molecule has 3 heterocycles. The van der Waals surface area contributed by atoms with Crippen molar-refractivity contribution in [2.75, 3.05) is 24.5 Å². The van der Waals surface area contributed by atoms with Gasteiger partial charge in [-0.05, 0) is 55.7 Å². The number of aryl methyl sites for hydroxylation is 2. The van der Waals surface area contributed by atoms with Gasteiger partial charge in [0.2, 0.25) is 5.91 Å². The quantitative estimate of drug-likeness (QED) is 0.241. The molecular weight excluding hydrogens is 511 g/mol. The second-order valence-corrected chi connectivity index (χ2v) is 10.4. The van der Waals surface area contributed by atoms with Gasteiger partial charge in [0, 0.05) is 47.9 Å².